The van der Waals surface area contributed by atoms with Gasteiger partial charge in [-0.15, -0.1) is 0 Å². The molecule has 1 N–H and O–H groups in total. The molecule has 0 aromatic heterocycles. The third-order valence-electron chi connectivity index (χ3n) is 3.30. The Hall–Kier alpha value is -0.910. The summed E-state index contributed by atoms with van der Waals surface area (Å²) < 4.78 is 26.6. The van der Waals surface area contributed by atoms with E-state index in [4.69, 9.17) is 0 Å². The average molecular weight is 284 g/mol. The van der Waals surface area contributed by atoms with Crippen LogP contribution in [0.25, 0.3) is 0 Å². The zero-order valence-corrected chi connectivity index (χ0v) is 13.0. The second-order valence-electron chi connectivity index (χ2n) is 4.64. The second-order valence-corrected chi connectivity index (χ2v) is 6.53. The number of rotatable bonds is 7. The minimum atomic E-state index is -3.38. The molecule has 1 unspecified atom stereocenters. The van der Waals surface area contributed by atoms with Gasteiger partial charge in [0.15, 0.2) is 0 Å². The fourth-order valence-electron chi connectivity index (χ4n) is 2.04. The van der Waals surface area contributed by atoms with Crippen molar-refractivity contribution in [1.29, 1.82) is 0 Å². The second kappa shape index (κ2) is 7.03. The lowest BCUT2D eigenvalue weighted by Gasteiger charge is -2.26. The highest BCUT2D eigenvalue weighted by Crippen LogP contribution is 2.19. The van der Waals surface area contributed by atoms with Crippen molar-refractivity contribution in [3.8, 4) is 0 Å². The van der Waals surface area contributed by atoms with Gasteiger partial charge < -0.3 is 5.32 Å². The molecule has 0 amide bonds. The topological polar surface area (TPSA) is 49.4 Å². The highest BCUT2D eigenvalue weighted by Gasteiger charge is 2.26. The number of nitrogens with one attached hydrogen (secondary N) is 1. The molecule has 5 heteroatoms. The number of benzene rings is 1. The quantitative estimate of drug-likeness (QED) is 0.835. The summed E-state index contributed by atoms with van der Waals surface area (Å²) in [6.45, 7) is 7.05. The van der Waals surface area contributed by atoms with Gasteiger partial charge in [0.05, 0.1) is 4.90 Å². The summed E-state index contributed by atoms with van der Waals surface area (Å²) in [7, 11) is -1.51. The molecule has 0 aliphatic heterocycles. The van der Waals surface area contributed by atoms with Gasteiger partial charge in [-0.05, 0) is 38.1 Å². The van der Waals surface area contributed by atoms with Gasteiger partial charge >= 0.3 is 0 Å². The molecule has 1 aromatic rings. The van der Waals surface area contributed by atoms with E-state index in [-0.39, 0.29) is 6.04 Å². The first-order chi connectivity index (χ1) is 8.97. The molecule has 0 saturated heterocycles. The van der Waals surface area contributed by atoms with E-state index in [0.29, 0.717) is 11.4 Å². The van der Waals surface area contributed by atoms with Crippen molar-refractivity contribution in [2.45, 2.75) is 44.7 Å². The Labute approximate surface area is 116 Å². The Morgan fingerprint density at radius 3 is 2.21 bits per heavy atom. The van der Waals surface area contributed by atoms with Crippen molar-refractivity contribution >= 4 is 10.0 Å². The summed E-state index contributed by atoms with van der Waals surface area (Å²) in [5.74, 6) is 0. The number of hydrogen-bond donors (Lipinski definition) is 1. The number of nitrogens with zero attached hydrogens (tertiary/aromatic N) is 1. The first kappa shape index (κ1) is 16.1. The molecule has 0 saturated carbocycles. The molecular formula is C14H24N2O2S. The molecule has 1 rings (SSSR count). The summed E-state index contributed by atoms with van der Waals surface area (Å²) in [4.78, 5) is 0.370. The predicted molar refractivity (Wildman–Crippen MR) is 78.5 cm³/mol. The van der Waals surface area contributed by atoms with Crippen LogP contribution in [0.15, 0.2) is 29.2 Å². The Kier molecular flexibility index (Phi) is 5.97. The lowest BCUT2D eigenvalue weighted by atomic mass is 10.2. The van der Waals surface area contributed by atoms with E-state index in [1.165, 1.54) is 0 Å². The Balaban J connectivity index is 3.04. The SMILES string of the molecule is CCC(C)N(CC)S(=O)(=O)c1ccc(CNC)cc1. The minimum absolute atomic E-state index is 0.0204. The molecule has 0 aliphatic rings. The molecule has 0 heterocycles. The molecular weight excluding hydrogens is 260 g/mol. The third-order valence-corrected chi connectivity index (χ3v) is 5.41. The van der Waals surface area contributed by atoms with Gasteiger partial charge in [0.25, 0.3) is 0 Å². The molecule has 4 nitrogen and oxygen atoms in total. The highest BCUT2D eigenvalue weighted by molar-refractivity contribution is 7.89. The van der Waals surface area contributed by atoms with Gasteiger partial charge in [-0.3, -0.25) is 0 Å². The van der Waals surface area contributed by atoms with Crippen molar-refractivity contribution in [3.63, 3.8) is 0 Å². The Morgan fingerprint density at radius 1 is 1.21 bits per heavy atom. The number of hydrogen-bond acceptors (Lipinski definition) is 3. The zero-order valence-electron chi connectivity index (χ0n) is 12.2. The molecule has 0 aliphatic carbocycles. The van der Waals surface area contributed by atoms with Gasteiger partial charge in [-0.1, -0.05) is 26.0 Å². The average Bonchev–Trinajstić information content (AvgIpc) is 2.40. The van der Waals surface area contributed by atoms with Gasteiger partial charge in [0.1, 0.15) is 0 Å². The van der Waals surface area contributed by atoms with E-state index in [1.54, 1.807) is 16.4 Å². The standard InChI is InChI=1S/C14H24N2O2S/c1-5-12(3)16(6-2)19(17,18)14-9-7-13(8-10-14)11-15-4/h7-10,12,15H,5-6,11H2,1-4H3. The largest absolute Gasteiger partial charge is 0.316 e. The monoisotopic (exact) mass is 284 g/mol. The smallest absolute Gasteiger partial charge is 0.243 e. The lowest BCUT2D eigenvalue weighted by Crippen LogP contribution is -2.38. The Morgan fingerprint density at radius 2 is 1.79 bits per heavy atom. The summed E-state index contributed by atoms with van der Waals surface area (Å²) in [6, 6.07) is 7.11. The van der Waals surface area contributed by atoms with Crippen molar-refractivity contribution < 1.29 is 8.42 Å². The van der Waals surface area contributed by atoms with Crippen LogP contribution < -0.4 is 5.32 Å². The van der Waals surface area contributed by atoms with Crippen LogP contribution in [0.4, 0.5) is 0 Å². The van der Waals surface area contributed by atoms with Crippen LogP contribution >= 0.6 is 0 Å². The molecule has 19 heavy (non-hydrogen) atoms. The van der Waals surface area contributed by atoms with Crippen molar-refractivity contribution in [2.75, 3.05) is 13.6 Å². The lowest BCUT2D eigenvalue weighted by molar-refractivity contribution is 0.342. The van der Waals surface area contributed by atoms with Crippen molar-refractivity contribution in [2.24, 2.45) is 0 Å². The summed E-state index contributed by atoms with van der Waals surface area (Å²) in [5.41, 5.74) is 1.08. The first-order valence-corrected chi connectivity index (χ1v) is 8.16. The maximum absolute atomic E-state index is 12.5. The van der Waals surface area contributed by atoms with E-state index in [2.05, 4.69) is 5.32 Å². The fourth-order valence-corrected chi connectivity index (χ4v) is 3.75. The van der Waals surface area contributed by atoms with E-state index in [1.807, 2.05) is 40.0 Å². The first-order valence-electron chi connectivity index (χ1n) is 6.72. The molecule has 0 bridgehead atoms. The van der Waals surface area contributed by atoms with Crippen LogP contribution in [0.1, 0.15) is 32.8 Å². The normalized spacial score (nSPS) is 13.7. The highest BCUT2D eigenvalue weighted by atomic mass is 32.2. The number of sulfonamides is 1. The maximum atomic E-state index is 12.5. The molecule has 0 spiro atoms. The maximum Gasteiger partial charge on any atom is 0.243 e. The van der Waals surface area contributed by atoms with Crippen molar-refractivity contribution in [3.05, 3.63) is 29.8 Å². The van der Waals surface area contributed by atoms with E-state index in [9.17, 15) is 8.42 Å². The molecule has 0 fully saturated rings. The predicted octanol–water partition coefficient (Wildman–Crippen LogP) is 2.22. The van der Waals surface area contributed by atoms with Crippen LogP contribution in [-0.2, 0) is 16.6 Å². The minimum Gasteiger partial charge on any atom is -0.316 e. The van der Waals surface area contributed by atoms with E-state index < -0.39 is 10.0 Å². The van der Waals surface area contributed by atoms with Crippen molar-refractivity contribution in [1.82, 2.24) is 9.62 Å². The summed E-state index contributed by atoms with van der Waals surface area (Å²) >= 11 is 0. The van der Waals surface area contributed by atoms with E-state index in [0.717, 1.165) is 18.5 Å². The van der Waals surface area contributed by atoms with Crippen LogP contribution in [0.2, 0.25) is 0 Å². The van der Waals surface area contributed by atoms with Gasteiger partial charge in [-0.25, -0.2) is 8.42 Å². The van der Waals surface area contributed by atoms with E-state index >= 15 is 0 Å². The summed E-state index contributed by atoms with van der Waals surface area (Å²) in [6.07, 6.45) is 0.810. The van der Waals surface area contributed by atoms with Gasteiger partial charge in [-0.2, -0.15) is 4.31 Å². The van der Waals surface area contributed by atoms with Gasteiger partial charge in [0, 0.05) is 19.1 Å². The molecule has 108 valence electrons. The molecule has 1 aromatic carbocycles. The van der Waals surface area contributed by atoms with Crippen LogP contribution in [-0.4, -0.2) is 32.4 Å². The zero-order chi connectivity index (χ0) is 14.5. The van der Waals surface area contributed by atoms with Crippen LogP contribution in [0, 0.1) is 0 Å². The van der Waals surface area contributed by atoms with Crippen LogP contribution in [0.3, 0.4) is 0 Å². The Bertz CT molecular complexity index is 483. The fraction of sp³-hybridized carbons (Fsp3) is 0.571. The summed E-state index contributed by atoms with van der Waals surface area (Å²) in [5, 5.41) is 3.04. The molecule has 0 radical (unpaired) electrons. The van der Waals surface area contributed by atoms with Gasteiger partial charge in [0.2, 0.25) is 10.0 Å². The third kappa shape index (κ3) is 3.78. The molecule has 1 atom stereocenters. The van der Waals surface area contributed by atoms with Crippen LogP contribution in [0.5, 0.6) is 0 Å².